The second-order valence-electron chi connectivity index (χ2n) is 3.51. The number of carbonyl (C=O) groups excluding carboxylic acids is 1. The molecule has 3 heterocycles. The van der Waals surface area contributed by atoms with Crippen LogP contribution in [0.3, 0.4) is 0 Å². The Morgan fingerprint density at radius 3 is 3.00 bits per heavy atom. The number of nitrogens with zero attached hydrogens (tertiary/aromatic N) is 3. The van der Waals surface area contributed by atoms with Gasteiger partial charge in [-0.1, -0.05) is 6.07 Å². The van der Waals surface area contributed by atoms with Crippen LogP contribution in [0.5, 0.6) is 0 Å². The Morgan fingerprint density at radius 1 is 1.41 bits per heavy atom. The summed E-state index contributed by atoms with van der Waals surface area (Å²) in [5.74, 6) is -0.459. The predicted octanol–water partition coefficient (Wildman–Crippen LogP) is 1.56. The maximum Gasteiger partial charge on any atom is 0.253 e. The Balaban J connectivity index is 2.18. The SMILES string of the molecule is NC(=O)c1cnn2cc(-c3cccnc3)sc12. The van der Waals surface area contributed by atoms with E-state index in [1.165, 1.54) is 17.5 Å². The van der Waals surface area contributed by atoms with Crippen LogP contribution in [0.2, 0.25) is 0 Å². The van der Waals surface area contributed by atoms with Crippen molar-refractivity contribution in [2.45, 2.75) is 0 Å². The van der Waals surface area contributed by atoms with Gasteiger partial charge in [-0.05, 0) is 6.07 Å². The number of nitrogens with two attached hydrogens (primary N) is 1. The van der Waals surface area contributed by atoms with Crippen LogP contribution >= 0.6 is 11.3 Å². The quantitative estimate of drug-likeness (QED) is 0.743. The highest BCUT2D eigenvalue weighted by molar-refractivity contribution is 7.21. The highest BCUT2D eigenvalue weighted by Gasteiger charge is 2.13. The van der Waals surface area contributed by atoms with Crippen LogP contribution in [-0.4, -0.2) is 20.5 Å². The van der Waals surface area contributed by atoms with Crippen molar-refractivity contribution in [3.8, 4) is 10.4 Å². The minimum absolute atomic E-state index is 0.449. The molecule has 0 unspecified atom stereocenters. The fraction of sp³-hybridized carbons (Fsp3) is 0. The van der Waals surface area contributed by atoms with Crippen molar-refractivity contribution in [3.63, 3.8) is 0 Å². The van der Waals surface area contributed by atoms with Crippen molar-refractivity contribution >= 4 is 22.1 Å². The van der Waals surface area contributed by atoms with E-state index in [4.69, 9.17) is 5.73 Å². The molecule has 3 rings (SSSR count). The van der Waals surface area contributed by atoms with Crippen LogP contribution in [0.15, 0.2) is 36.9 Å². The van der Waals surface area contributed by atoms with Crippen molar-refractivity contribution in [1.29, 1.82) is 0 Å². The van der Waals surface area contributed by atoms with Gasteiger partial charge in [0.1, 0.15) is 4.83 Å². The number of primary amides is 1. The van der Waals surface area contributed by atoms with Crippen LogP contribution in [0.4, 0.5) is 0 Å². The van der Waals surface area contributed by atoms with E-state index in [1.54, 1.807) is 16.9 Å². The van der Waals surface area contributed by atoms with E-state index in [-0.39, 0.29) is 0 Å². The molecule has 0 aliphatic rings. The van der Waals surface area contributed by atoms with Gasteiger partial charge in [0.05, 0.1) is 16.6 Å². The molecule has 0 bridgehead atoms. The topological polar surface area (TPSA) is 73.3 Å². The summed E-state index contributed by atoms with van der Waals surface area (Å²) in [6.45, 7) is 0. The van der Waals surface area contributed by atoms with Crippen LogP contribution in [-0.2, 0) is 0 Å². The smallest absolute Gasteiger partial charge is 0.253 e. The first-order valence-corrected chi connectivity index (χ1v) is 5.75. The molecule has 84 valence electrons. The van der Waals surface area contributed by atoms with Crippen molar-refractivity contribution in [2.24, 2.45) is 5.73 Å². The molecule has 3 aromatic rings. The van der Waals surface area contributed by atoms with E-state index in [2.05, 4.69) is 10.1 Å². The number of hydrogen-bond donors (Lipinski definition) is 1. The lowest BCUT2D eigenvalue weighted by molar-refractivity contribution is 0.100. The van der Waals surface area contributed by atoms with Crippen molar-refractivity contribution in [1.82, 2.24) is 14.6 Å². The Labute approximate surface area is 101 Å². The molecule has 2 N–H and O–H groups in total. The lowest BCUT2D eigenvalue weighted by Crippen LogP contribution is -2.09. The maximum atomic E-state index is 11.2. The Morgan fingerprint density at radius 2 is 2.29 bits per heavy atom. The Hall–Kier alpha value is -2.21. The molecule has 5 nitrogen and oxygen atoms in total. The first-order valence-electron chi connectivity index (χ1n) is 4.93. The normalized spacial score (nSPS) is 10.8. The highest BCUT2D eigenvalue weighted by atomic mass is 32.1. The van der Waals surface area contributed by atoms with Gasteiger partial charge in [0.2, 0.25) is 0 Å². The average molecular weight is 244 g/mol. The lowest BCUT2D eigenvalue weighted by Gasteiger charge is -1.92. The second-order valence-corrected chi connectivity index (χ2v) is 4.54. The maximum absolute atomic E-state index is 11.2. The molecule has 0 atom stereocenters. The monoisotopic (exact) mass is 244 g/mol. The number of aromatic nitrogens is 3. The van der Waals surface area contributed by atoms with Crippen molar-refractivity contribution < 1.29 is 4.79 Å². The first kappa shape index (κ1) is 9.98. The van der Waals surface area contributed by atoms with Crippen molar-refractivity contribution in [2.75, 3.05) is 0 Å². The molecule has 0 saturated carbocycles. The minimum Gasteiger partial charge on any atom is -0.365 e. The summed E-state index contributed by atoms with van der Waals surface area (Å²) < 4.78 is 1.66. The number of amides is 1. The number of fused-ring (bicyclic) bond motifs is 1. The summed E-state index contributed by atoms with van der Waals surface area (Å²) in [5, 5.41) is 4.09. The fourth-order valence-electron chi connectivity index (χ4n) is 1.60. The van der Waals surface area contributed by atoms with E-state index < -0.39 is 5.91 Å². The van der Waals surface area contributed by atoms with Gasteiger partial charge in [-0.2, -0.15) is 5.10 Å². The highest BCUT2D eigenvalue weighted by Crippen LogP contribution is 2.29. The lowest BCUT2D eigenvalue weighted by atomic mass is 10.3. The van der Waals surface area contributed by atoms with Gasteiger partial charge in [0.25, 0.3) is 5.91 Å². The van der Waals surface area contributed by atoms with Gasteiger partial charge in [-0.3, -0.25) is 9.78 Å². The van der Waals surface area contributed by atoms with E-state index in [0.717, 1.165) is 15.3 Å². The number of thiazole rings is 1. The molecule has 0 fully saturated rings. The van der Waals surface area contributed by atoms with Crippen LogP contribution in [0, 0.1) is 0 Å². The third-order valence-electron chi connectivity index (χ3n) is 2.41. The number of pyridine rings is 1. The van der Waals surface area contributed by atoms with E-state index >= 15 is 0 Å². The van der Waals surface area contributed by atoms with Gasteiger partial charge < -0.3 is 5.73 Å². The zero-order valence-electron chi connectivity index (χ0n) is 8.70. The van der Waals surface area contributed by atoms with E-state index in [1.807, 2.05) is 18.3 Å². The van der Waals surface area contributed by atoms with Gasteiger partial charge in [0.15, 0.2) is 0 Å². The Bertz CT molecular complexity index is 686. The van der Waals surface area contributed by atoms with E-state index in [0.29, 0.717) is 5.56 Å². The molecule has 1 amide bonds. The molecular formula is C11H8N4OS. The number of hydrogen-bond acceptors (Lipinski definition) is 4. The van der Waals surface area contributed by atoms with Gasteiger partial charge >= 0.3 is 0 Å². The minimum atomic E-state index is -0.459. The predicted molar refractivity (Wildman–Crippen MR) is 64.8 cm³/mol. The third-order valence-corrected chi connectivity index (χ3v) is 3.57. The average Bonchev–Trinajstić information content (AvgIpc) is 2.88. The van der Waals surface area contributed by atoms with E-state index in [9.17, 15) is 4.79 Å². The molecule has 6 heteroatoms. The van der Waals surface area contributed by atoms with Gasteiger partial charge in [0, 0.05) is 24.2 Å². The summed E-state index contributed by atoms with van der Waals surface area (Å²) in [5.41, 5.74) is 6.72. The third kappa shape index (κ3) is 1.58. The summed E-state index contributed by atoms with van der Waals surface area (Å²) in [6.07, 6.45) is 6.84. The molecule has 0 aromatic carbocycles. The summed E-state index contributed by atoms with van der Waals surface area (Å²) in [6, 6.07) is 3.83. The molecule has 0 saturated heterocycles. The van der Waals surface area contributed by atoms with Crippen molar-refractivity contribution in [3.05, 3.63) is 42.5 Å². The number of carbonyl (C=O) groups is 1. The summed E-state index contributed by atoms with van der Waals surface area (Å²) in [4.78, 5) is 17.0. The molecule has 0 aliphatic carbocycles. The van der Waals surface area contributed by atoms with Crippen LogP contribution in [0.25, 0.3) is 15.3 Å². The molecule has 3 aromatic heterocycles. The summed E-state index contributed by atoms with van der Waals surface area (Å²) >= 11 is 1.47. The molecule has 17 heavy (non-hydrogen) atoms. The first-order chi connectivity index (χ1) is 8.25. The fourth-order valence-corrected chi connectivity index (χ4v) is 2.65. The summed E-state index contributed by atoms with van der Waals surface area (Å²) in [7, 11) is 0. The zero-order valence-corrected chi connectivity index (χ0v) is 9.52. The molecular weight excluding hydrogens is 236 g/mol. The largest absolute Gasteiger partial charge is 0.365 e. The van der Waals surface area contributed by atoms with Crippen LogP contribution < -0.4 is 5.73 Å². The Kier molecular flexibility index (Phi) is 2.15. The van der Waals surface area contributed by atoms with Gasteiger partial charge in [-0.15, -0.1) is 11.3 Å². The second kappa shape index (κ2) is 3.67. The molecule has 0 radical (unpaired) electrons. The standard InChI is InChI=1S/C11H8N4OS/c12-10(16)8-5-14-15-6-9(17-11(8)15)7-2-1-3-13-4-7/h1-6H,(H2,12,16). The molecule has 0 aliphatic heterocycles. The molecule has 0 spiro atoms. The number of rotatable bonds is 2. The van der Waals surface area contributed by atoms with Crippen LogP contribution in [0.1, 0.15) is 10.4 Å². The zero-order chi connectivity index (χ0) is 11.8. The van der Waals surface area contributed by atoms with Gasteiger partial charge in [-0.25, -0.2) is 4.52 Å².